The van der Waals surface area contributed by atoms with Crippen molar-refractivity contribution in [2.24, 2.45) is 5.92 Å². The molecule has 2 N–H and O–H groups in total. The molecular weight excluding hydrogens is 250 g/mol. The molecule has 0 aliphatic carbocycles. The number of amides is 1. The van der Waals surface area contributed by atoms with Gasteiger partial charge < -0.3 is 10.6 Å². The van der Waals surface area contributed by atoms with Gasteiger partial charge in [-0.2, -0.15) is 0 Å². The van der Waals surface area contributed by atoms with Gasteiger partial charge in [0.05, 0.1) is 6.54 Å². The molecule has 0 bridgehead atoms. The molecule has 1 aromatic carbocycles. The number of likely N-dealkylation sites (tertiary alicyclic amines) is 1. The lowest BCUT2D eigenvalue weighted by Gasteiger charge is -2.24. The summed E-state index contributed by atoms with van der Waals surface area (Å²) in [6, 6.07) is 8.54. The highest BCUT2D eigenvalue weighted by molar-refractivity contribution is 5.92. The van der Waals surface area contributed by atoms with E-state index in [1.165, 1.54) is 18.4 Å². The number of rotatable bonds is 3. The fourth-order valence-corrected chi connectivity index (χ4v) is 3.31. The van der Waals surface area contributed by atoms with Gasteiger partial charge in [-0.05, 0) is 44.4 Å². The number of anilines is 1. The van der Waals surface area contributed by atoms with E-state index in [1.807, 2.05) is 31.2 Å². The van der Waals surface area contributed by atoms with E-state index < -0.39 is 0 Å². The molecule has 2 atom stereocenters. The number of nitrogens with one attached hydrogen (secondary N) is 2. The van der Waals surface area contributed by atoms with Crippen molar-refractivity contribution in [3.05, 3.63) is 29.8 Å². The normalized spacial score (nSPS) is 26.2. The molecule has 0 spiro atoms. The Balaban J connectivity index is 1.50. The van der Waals surface area contributed by atoms with Gasteiger partial charge in [-0.1, -0.05) is 17.7 Å². The van der Waals surface area contributed by atoms with Gasteiger partial charge in [0, 0.05) is 24.8 Å². The second-order valence-corrected chi connectivity index (χ2v) is 6.07. The SMILES string of the molecule is Cc1ccc(NC(=O)CN2CC3CCCNC3C2)cc1. The lowest BCUT2D eigenvalue weighted by Crippen LogP contribution is -2.41. The topological polar surface area (TPSA) is 44.4 Å². The smallest absolute Gasteiger partial charge is 0.238 e. The maximum absolute atomic E-state index is 12.1. The Morgan fingerprint density at radius 3 is 2.90 bits per heavy atom. The second-order valence-electron chi connectivity index (χ2n) is 6.07. The highest BCUT2D eigenvalue weighted by Gasteiger charge is 2.34. The summed E-state index contributed by atoms with van der Waals surface area (Å²) >= 11 is 0. The maximum atomic E-state index is 12.1. The van der Waals surface area contributed by atoms with Gasteiger partial charge >= 0.3 is 0 Å². The van der Waals surface area contributed by atoms with Gasteiger partial charge in [-0.3, -0.25) is 9.69 Å². The van der Waals surface area contributed by atoms with Crippen molar-refractivity contribution >= 4 is 11.6 Å². The lowest BCUT2D eigenvalue weighted by atomic mass is 9.94. The lowest BCUT2D eigenvalue weighted by molar-refractivity contribution is -0.117. The van der Waals surface area contributed by atoms with Gasteiger partial charge in [0.15, 0.2) is 0 Å². The predicted molar refractivity (Wildman–Crippen MR) is 80.8 cm³/mol. The van der Waals surface area contributed by atoms with E-state index in [1.54, 1.807) is 0 Å². The van der Waals surface area contributed by atoms with Crippen LogP contribution in [0.2, 0.25) is 0 Å². The first-order chi connectivity index (χ1) is 9.70. The fourth-order valence-electron chi connectivity index (χ4n) is 3.31. The van der Waals surface area contributed by atoms with Crippen LogP contribution in [0.25, 0.3) is 0 Å². The Bertz CT molecular complexity index is 457. The highest BCUT2D eigenvalue weighted by atomic mass is 16.2. The van der Waals surface area contributed by atoms with Crippen LogP contribution in [0.5, 0.6) is 0 Å². The van der Waals surface area contributed by atoms with Crippen LogP contribution in [0.15, 0.2) is 24.3 Å². The third-order valence-corrected chi connectivity index (χ3v) is 4.38. The maximum Gasteiger partial charge on any atom is 0.238 e. The fraction of sp³-hybridized carbons (Fsp3) is 0.562. The molecule has 1 amide bonds. The van der Waals surface area contributed by atoms with E-state index in [9.17, 15) is 4.79 Å². The highest BCUT2D eigenvalue weighted by Crippen LogP contribution is 2.24. The van der Waals surface area contributed by atoms with Crippen molar-refractivity contribution in [3.63, 3.8) is 0 Å². The van der Waals surface area contributed by atoms with Gasteiger partial charge in [-0.15, -0.1) is 0 Å². The first-order valence-corrected chi connectivity index (χ1v) is 7.53. The van der Waals surface area contributed by atoms with Gasteiger partial charge in [0.1, 0.15) is 0 Å². The Morgan fingerprint density at radius 2 is 2.15 bits per heavy atom. The molecule has 2 heterocycles. The first kappa shape index (κ1) is 13.6. The van der Waals surface area contributed by atoms with Crippen LogP contribution >= 0.6 is 0 Å². The molecule has 2 aliphatic rings. The van der Waals surface area contributed by atoms with Crippen molar-refractivity contribution < 1.29 is 4.79 Å². The zero-order chi connectivity index (χ0) is 13.9. The number of nitrogens with zero attached hydrogens (tertiary/aromatic N) is 1. The van der Waals surface area contributed by atoms with E-state index in [4.69, 9.17) is 0 Å². The molecule has 4 nitrogen and oxygen atoms in total. The number of hydrogen-bond acceptors (Lipinski definition) is 3. The summed E-state index contributed by atoms with van der Waals surface area (Å²) in [5.74, 6) is 0.823. The van der Waals surface area contributed by atoms with Gasteiger partial charge in [-0.25, -0.2) is 0 Å². The molecule has 0 aromatic heterocycles. The molecule has 20 heavy (non-hydrogen) atoms. The van der Waals surface area contributed by atoms with Crippen LogP contribution < -0.4 is 10.6 Å². The molecule has 0 radical (unpaired) electrons. The molecule has 108 valence electrons. The molecule has 2 aliphatic heterocycles. The number of carbonyl (C=O) groups is 1. The standard InChI is InChI=1S/C16H23N3O/c1-12-4-6-14(7-5-12)18-16(20)11-19-9-13-3-2-8-17-15(13)10-19/h4-7,13,15,17H,2-3,8-11H2,1H3,(H,18,20). The Hall–Kier alpha value is -1.39. The van der Waals surface area contributed by atoms with Gasteiger partial charge in [0.2, 0.25) is 5.91 Å². The average Bonchev–Trinajstić information content (AvgIpc) is 2.83. The Kier molecular flexibility index (Phi) is 4.03. The van der Waals surface area contributed by atoms with Crippen molar-refractivity contribution in [2.75, 3.05) is 31.5 Å². The summed E-state index contributed by atoms with van der Waals surface area (Å²) in [6.45, 7) is 5.74. The van der Waals surface area contributed by atoms with Crippen LogP contribution in [0.4, 0.5) is 5.69 Å². The summed E-state index contributed by atoms with van der Waals surface area (Å²) in [4.78, 5) is 14.4. The van der Waals surface area contributed by atoms with Crippen LogP contribution in [0.3, 0.4) is 0 Å². The van der Waals surface area contributed by atoms with Crippen molar-refractivity contribution in [1.29, 1.82) is 0 Å². The largest absolute Gasteiger partial charge is 0.325 e. The summed E-state index contributed by atoms with van der Waals surface area (Å²) in [6.07, 6.45) is 2.57. The molecule has 3 rings (SSSR count). The number of carbonyl (C=O) groups excluding carboxylic acids is 1. The summed E-state index contributed by atoms with van der Waals surface area (Å²) in [7, 11) is 0. The molecule has 1 aromatic rings. The van der Waals surface area contributed by atoms with Crippen molar-refractivity contribution in [1.82, 2.24) is 10.2 Å². The quantitative estimate of drug-likeness (QED) is 0.879. The molecular formula is C16H23N3O. The molecule has 2 fully saturated rings. The summed E-state index contributed by atoms with van der Waals surface area (Å²) in [5.41, 5.74) is 2.09. The van der Waals surface area contributed by atoms with E-state index in [-0.39, 0.29) is 5.91 Å². The predicted octanol–water partition coefficient (Wildman–Crippen LogP) is 1.62. The minimum Gasteiger partial charge on any atom is -0.325 e. The van der Waals surface area contributed by atoms with E-state index in [0.29, 0.717) is 12.6 Å². The number of piperidine rings is 1. The molecule has 0 saturated carbocycles. The van der Waals surface area contributed by atoms with Crippen LogP contribution in [-0.4, -0.2) is 43.0 Å². The van der Waals surface area contributed by atoms with Crippen LogP contribution in [0.1, 0.15) is 18.4 Å². The van der Waals surface area contributed by atoms with Gasteiger partial charge in [0.25, 0.3) is 0 Å². The summed E-state index contributed by atoms with van der Waals surface area (Å²) < 4.78 is 0. The molecule has 4 heteroatoms. The monoisotopic (exact) mass is 273 g/mol. The summed E-state index contributed by atoms with van der Waals surface area (Å²) in [5, 5.41) is 6.54. The minimum atomic E-state index is 0.0903. The molecule has 2 saturated heterocycles. The average molecular weight is 273 g/mol. The van der Waals surface area contributed by atoms with Crippen molar-refractivity contribution in [3.8, 4) is 0 Å². The zero-order valence-corrected chi connectivity index (χ0v) is 12.1. The van der Waals surface area contributed by atoms with E-state index >= 15 is 0 Å². The number of hydrogen-bond donors (Lipinski definition) is 2. The minimum absolute atomic E-state index is 0.0903. The van der Waals surface area contributed by atoms with E-state index in [0.717, 1.165) is 31.2 Å². The Labute approximate surface area is 120 Å². The number of aryl methyl sites for hydroxylation is 1. The first-order valence-electron chi connectivity index (χ1n) is 7.53. The van der Waals surface area contributed by atoms with Crippen LogP contribution in [0, 0.1) is 12.8 Å². The van der Waals surface area contributed by atoms with E-state index in [2.05, 4.69) is 15.5 Å². The zero-order valence-electron chi connectivity index (χ0n) is 12.1. The second kappa shape index (κ2) is 5.94. The van der Waals surface area contributed by atoms with Crippen molar-refractivity contribution in [2.45, 2.75) is 25.8 Å². The third-order valence-electron chi connectivity index (χ3n) is 4.38. The van der Waals surface area contributed by atoms with Crippen LogP contribution in [-0.2, 0) is 4.79 Å². The number of benzene rings is 1. The third kappa shape index (κ3) is 3.19. The number of fused-ring (bicyclic) bond motifs is 1. The Morgan fingerprint density at radius 1 is 1.35 bits per heavy atom. The molecule has 2 unspecified atom stereocenters.